The van der Waals surface area contributed by atoms with E-state index in [1.165, 1.54) is 30.5 Å². The van der Waals surface area contributed by atoms with Crippen LogP contribution in [0.3, 0.4) is 0 Å². The molecule has 2 heterocycles. The van der Waals surface area contributed by atoms with Gasteiger partial charge in [-0.3, -0.25) is 9.69 Å². The number of aryl methyl sites for hydroxylation is 1. The van der Waals surface area contributed by atoms with E-state index in [1.807, 2.05) is 0 Å². The van der Waals surface area contributed by atoms with E-state index in [0.29, 0.717) is 12.0 Å². The quantitative estimate of drug-likeness (QED) is 0.509. The summed E-state index contributed by atoms with van der Waals surface area (Å²) in [6.45, 7) is 13.1. The van der Waals surface area contributed by atoms with Crippen molar-refractivity contribution in [2.75, 3.05) is 31.1 Å². The molecule has 2 aliphatic heterocycles. The Labute approximate surface area is 187 Å². The number of carbonyl (C=O) groups excluding carboxylic acids is 1. The molecule has 5 rings (SSSR count). The summed E-state index contributed by atoms with van der Waals surface area (Å²) < 4.78 is 6.00. The highest BCUT2D eigenvalue weighted by atomic mass is 16.6. The van der Waals surface area contributed by atoms with Gasteiger partial charge in [-0.1, -0.05) is 30.2 Å². The van der Waals surface area contributed by atoms with Gasteiger partial charge >= 0.3 is 5.97 Å². The third-order valence-electron chi connectivity index (χ3n) is 8.68. The van der Waals surface area contributed by atoms with E-state index in [0.717, 1.165) is 39.0 Å². The first-order chi connectivity index (χ1) is 14.8. The molecular weight excluding hydrogens is 384 g/mol. The van der Waals surface area contributed by atoms with E-state index < -0.39 is 0 Å². The molecule has 0 N–H and O–H groups in total. The van der Waals surface area contributed by atoms with E-state index in [1.54, 1.807) is 11.1 Å². The fraction of sp³-hybridized carbons (Fsp3) is 0.667. The highest BCUT2D eigenvalue weighted by molar-refractivity contribution is 5.76. The number of hydrogen-bond acceptors (Lipinski definition) is 4. The maximum Gasteiger partial charge on any atom is 0.310 e. The Morgan fingerprint density at radius 1 is 1.23 bits per heavy atom. The SMILES string of the molecule is CC1=C2C[C@H]3[C@H](CN4CCN(c5cccc(C)c5)[C@@H](C)C4)C(=O)O[C@@H]3C[C@@]2(C)CCC1. The Bertz CT molecular complexity index is 893. The van der Waals surface area contributed by atoms with Gasteiger partial charge in [-0.05, 0) is 76.0 Å². The number of anilines is 1. The largest absolute Gasteiger partial charge is 0.462 e. The van der Waals surface area contributed by atoms with Crippen LogP contribution in [0.2, 0.25) is 0 Å². The minimum Gasteiger partial charge on any atom is -0.462 e. The van der Waals surface area contributed by atoms with Gasteiger partial charge in [0.15, 0.2) is 0 Å². The fourth-order valence-electron chi connectivity index (χ4n) is 6.99. The molecule has 168 valence electrons. The first kappa shape index (κ1) is 21.1. The maximum atomic E-state index is 12.9. The van der Waals surface area contributed by atoms with Crippen molar-refractivity contribution >= 4 is 11.7 Å². The summed E-state index contributed by atoms with van der Waals surface area (Å²) in [7, 11) is 0. The second-order valence-electron chi connectivity index (χ2n) is 11.0. The number of rotatable bonds is 3. The van der Waals surface area contributed by atoms with Crippen molar-refractivity contribution < 1.29 is 9.53 Å². The summed E-state index contributed by atoms with van der Waals surface area (Å²) in [5.41, 5.74) is 6.13. The zero-order chi connectivity index (χ0) is 21.8. The molecule has 31 heavy (non-hydrogen) atoms. The van der Waals surface area contributed by atoms with Crippen molar-refractivity contribution in [2.24, 2.45) is 17.3 Å². The van der Waals surface area contributed by atoms with Crippen LogP contribution >= 0.6 is 0 Å². The van der Waals surface area contributed by atoms with Crippen molar-refractivity contribution in [1.29, 1.82) is 0 Å². The lowest BCUT2D eigenvalue weighted by atomic mass is 9.59. The van der Waals surface area contributed by atoms with E-state index in [-0.39, 0.29) is 23.4 Å². The Hall–Kier alpha value is -1.81. The normalized spacial score (nSPS) is 36.3. The van der Waals surface area contributed by atoms with Crippen LogP contribution < -0.4 is 4.90 Å². The highest BCUT2D eigenvalue weighted by Crippen LogP contribution is 2.55. The van der Waals surface area contributed by atoms with Crippen LogP contribution in [0.15, 0.2) is 35.4 Å². The number of hydrogen-bond donors (Lipinski definition) is 0. The number of carbonyl (C=O) groups is 1. The minimum absolute atomic E-state index is 0.0366. The molecule has 0 bridgehead atoms. The van der Waals surface area contributed by atoms with Gasteiger partial charge < -0.3 is 9.64 Å². The number of benzene rings is 1. The molecule has 4 heteroatoms. The van der Waals surface area contributed by atoms with Gasteiger partial charge in [-0.15, -0.1) is 0 Å². The molecule has 5 atom stereocenters. The van der Waals surface area contributed by atoms with Gasteiger partial charge in [0.25, 0.3) is 0 Å². The number of ether oxygens (including phenoxy) is 1. The zero-order valence-corrected chi connectivity index (χ0v) is 19.7. The van der Waals surface area contributed by atoms with E-state index in [4.69, 9.17) is 4.74 Å². The Morgan fingerprint density at radius 2 is 2.06 bits per heavy atom. The summed E-state index contributed by atoms with van der Waals surface area (Å²) in [6, 6.07) is 9.26. The molecule has 0 aromatic heterocycles. The minimum atomic E-state index is 0.0366. The van der Waals surface area contributed by atoms with Crippen LogP contribution in [0.4, 0.5) is 5.69 Å². The third-order valence-corrected chi connectivity index (χ3v) is 8.68. The van der Waals surface area contributed by atoms with Gasteiger partial charge in [-0.25, -0.2) is 0 Å². The Balaban J connectivity index is 1.27. The third kappa shape index (κ3) is 3.82. The average Bonchev–Trinajstić information content (AvgIpc) is 3.00. The lowest BCUT2D eigenvalue weighted by molar-refractivity contribution is -0.145. The zero-order valence-electron chi connectivity index (χ0n) is 19.7. The van der Waals surface area contributed by atoms with Gasteiger partial charge in [0.2, 0.25) is 0 Å². The van der Waals surface area contributed by atoms with E-state index in [2.05, 4.69) is 61.8 Å². The standard InChI is InChI=1S/C27H38N2O2/c1-18-7-5-9-21(13-18)29-12-11-28(16-20(29)3)17-23-22-14-24-19(2)8-6-10-27(24,4)15-25(22)31-26(23)30/h5,7,9,13,20,22-23,25H,6,8,10-12,14-17H2,1-4H3/t20-,22-,23-,25+,27+/m0/s1. The number of nitrogens with zero attached hydrogens (tertiary/aromatic N) is 2. The fourth-order valence-corrected chi connectivity index (χ4v) is 6.99. The molecule has 0 unspecified atom stereocenters. The number of piperazine rings is 1. The lowest BCUT2D eigenvalue weighted by Gasteiger charge is -2.46. The van der Waals surface area contributed by atoms with Crippen molar-refractivity contribution in [3.63, 3.8) is 0 Å². The molecule has 4 nitrogen and oxygen atoms in total. The molecule has 3 fully saturated rings. The first-order valence-corrected chi connectivity index (χ1v) is 12.3. The predicted octanol–water partition coefficient (Wildman–Crippen LogP) is 4.96. The average molecular weight is 423 g/mol. The summed E-state index contributed by atoms with van der Waals surface area (Å²) in [5, 5.41) is 0. The van der Waals surface area contributed by atoms with Crippen molar-refractivity contribution in [3.05, 3.63) is 41.0 Å². The first-order valence-electron chi connectivity index (χ1n) is 12.3. The molecule has 1 saturated carbocycles. The van der Waals surface area contributed by atoms with E-state index in [9.17, 15) is 4.79 Å². The number of fused-ring (bicyclic) bond motifs is 2. The van der Waals surface area contributed by atoms with Crippen molar-refractivity contribution in [2.45, 2.75) is 71.9 Å². The molecule has 4 aliphatic rings. The van der Waals surface area contributed by atoms with E-state index >= 15 is 0 Å². The second kappa shape index (κ2) is 7.95. The van der Waals surface area contributed by atoms with Crippen molar-refractivity contribution in [1.82, 2.24) is 4.90 Å². The monoisotopic (exact) mass is 422 g/mol. The highest BCUT2D eigenvalue weighted by Gasteiger charge is 2.53. The van der Waals surface area contributed by atoms with Crippen LogP contribution in [0, 0.1) is 24.2 Å². The molecule has 2 aliphatic carbocycles. The molecule has 1 aromatic carbocycles. The molecule has 0 spiro atoms. The predicted molar refractivity (Wildman–Crippen MR) is 125 cm³/mol. The van der Waals surface area contributed by atoms with Gasteiger partial charge in [0, 0.05) is 43.8 Å². The topological polar surface area (TPSA) is 32.8 Å². The Kier molecular flexibility index (Phi) is 5.40. The maximum absolute atomic E-state index is 12.9. The molecule has 0 amide bonds. The molecule has 0 radical (unpaired) electrons. The van der Waals surface area contributed by atoms with Crippen LogP contribution in [0.5, 0.6) is 0 Å². The molecule has 1 aromatic rings. The summed E-state index contributed by atoms with van der Waals surface area (Å²) in [4.78, 5) is 18.0. The lowest BCUT2D eigenvalue weighted by Crippen LogP contribution is -2.53. The smallest absolute Gasteiger partial charge is 0.310 e. The molecular formula is C27H38N2O2. The van der Waals surface area contributed by atoms with Gasteiger partial charge in [0.05, 0.1) is 5.92 Å². The van der Waals surface area contributed by atoms with Crippen molar-refractivity contribution in [3.8, 4) is 0 Å². The molecule has 2 saturated heterocycles. The number of allylic oxidation sites excluding steroid dienone is 2. The summed E-state index contributed by atoms with van der Waals surface area (Å²) in [5.74, 6) is 0.465. The van der Waals surface area contributed by atoms with Crippen LogP contribution in [0.1, 0.15) is 58.4 Å². The summed E-state index contributed by atoms with van der Waals surface area (Å²) in [6.07, 6.45) is 6.00. The van der Waals surface area contributed by atoms with Gasteiger partial charge in [-0.2, -0.15) is 0 Å². The summed E-state index contributed by atoms with van der Waals surface area (Å²) >= 11 is 0. The second-order valence-corrected chi connectivity index (χ2v) is 11.0. The van der Waals surface area contributed by atoms with Gasteiger partial charge in [0.1, 0.15) is 6.10 Å². The van der Waals surface area contributed by atoms with Crippen LogP contribution in [-0.4, -0.2) is 49.2 Å². The number of esters is 1. The van der Waals surface area contributed by atoms with Crippen LogP contribution in [0.25, 0.3) is 0 Å². The Morgan fingerprint density at radius 3 is 2.84 bits per heavy atom. The van der Waals surface area contributed by atoms with Crippen LogP contribution in [-0.2, 0) is 9.53 Å².